The first-order valence-electron chi connectivity index (χ1n) is 9.98. The van der Waals surface area contributed by atoms with Crippen LogP contribution in [-0.4, -0.2) is 28.2 Å². The highest BCUT2D eigenvalue weighted by atomic mass is 19.2. The van der Waals surface area contributed by atoms with Gasteiger partial charge < -0.3 is 9.84 Å². The molecule has 0 aliphatic carbocycles. The molecule has 0 saturated heterocycles. The molecule has 0 aliphatic heterocycles. The number of phenols is 1. The lowest BCUT2D eigenvalue weighted by Crippen LogP contribution is -2.17. The van der Waals surface area contributed by atoms with Crippen LogP contribution in [0.4, 0.5) is 17.6 Å². The van der Waals surface area contributed by atoms with Crippen molar-refractivity contribution in [1.29, 1.82) is 0 Å². The van der Waals surface area contributed by atoms with Crippen LogP contribution in [0.1, 0.15) is 54.2 Å². The second-order valence-electron chi connectivity index (χ2n) is 7.43. The summed E-state index contributed by atoms with van der Waals surface area (Å²) in [7, 11) is 0. The molecule has 0 fully saturated rings. The number of carbonyl (C=O) groups is 2. The van der Waals surface area contributed by atoms with Crippen LogP contribution >= 0.6 is 0 Å². The summed E-state index contributed by atoms with van der Waals surface area (Å²) < 4.78 is 62.2. The number of nitrogens with zero attached hydrogens (tertiary/aromatic N) is 1. The van der Waals surface area contributed by atoms with Crippen molar-refractivity contribution < 1.29 is 37.0 Å². The summed E-state index contributed by atoms with van der Waals surface area (Å²) in [6.07, 6.45) is 1.40. The summed E-state index contributed by atoms with van der Waals surface area (Å²) in [4.78, 5) is 25.7. The Labute approximate surface area is 181 Å². The number of unbranched alkanes of at least 4 members (excludes halogenated alkanes) is 1. The summed E-state index contributed by atoms with van der Waals surface area (Å²) in [6.45, 7) is 4.89. The molecular weight excluding hydrogens is 430 g/mol. The molecule has 9 heteroatoms. The number of esters is 1. The number of benzene rings is 2. The van der Waals surface area contributed by atoms with Crippen molar-refractivity contribution in [2.24, 2.45) is 0 Å². The molecule has 0 spiro atoms. The third-order valence-corrected chi connectivity index (χ3v) is 5.31. The van der Waals surface area contributed by atoms with Crippen molar-refractivity contribution in [2.75, 3.05) is 6.61 Å². The summed E-state index contributed by atoms with van der Waals surface area (Å²) in [5.74, 6) is -9.01. The zero-order valence-corrected chi connectivity index (χ0v) is 17.6. The molecule has 32 heavy (non-hydrogen) atoms. The molecular formula is C23H21F4NO4. The molecule has 2 aromatic carbocycles. The molecule has 3 aromatic rings. The zero-order valence-electron chi connectivity index (χ0n) is 17.6. The Kier molecular flexibility index (Phi) is 6.57. The Balaban J connectivity index is 2.24. The number of phenolic OH excluding ortho intramolecular Hbond substituents is 1. The maximum Gasteiger partial charge on any atom is 0.313 e. The van der Waals surface area contributed by atoms with Gasteiger partial charge >= 0.3 is 5.97 Å². The Bertz CT molecular complexity index is 1220. The number of carbonyl (C=O) groups excluding carboxylic acids is 2. The molecule has 0 saturated carbocycles. The molecule has 0 aliphatic rings. The largest absolute Gasteiger partial charge is 0.503 e. The predicted octanol–water partition coefficient (Wildman–Crippen LogP) is 5.35. The molecule has 3 rings (SSSR count). The number of halogens is 4. The average Bonchev–Trinajstić information content (AvgIpc) is 3.04. The van der Waals surface area contributed by atoms with E-state index in [9.17, 15) is 32.3 Å². The van der Waals surface area contributed by atoms with Crippen LogP contribution in [0.5, 0.6) is 5.75 Å². The number of aromatic nitrogens is 1. The van der Waals surface area contributed by atoms with E-state index in [0.717, 1.165) is 29.2 Å². The van der Waals surface area contributed by atoms with Crippen LogP contribution in [0.15, 0.2) is 24.3 Å². The molecule has 5 nitrogen and oxygen atoms in total. The van der Waals surface area contributed by atoms with E-state index in [1.165, 1.54) is 13.8 Å². The molecule has 1 heterocycles. The Morgan fingerprint density at radius 1 is 1.09 bits per heavy atom. The van der Waals surface area contributed by atoms with Gasteiger partial charge in [-0.25, -0.2) is 17.6 Å². The van der Waals surface area contributed by atoms with E-state index in [-0.39, 0.29) is 34.3 Å². The Hall–Kier alpha value is -3.36. The van der Waals surface area contributed by atoms with Crippen LogP contribution in [0.3, 0.4) is 0 Å². The van der Waals surface area contributed by atoms with Crippen LogP contribution < -0.4 is 0 Å². The molecule has 1 aromatic heterocycles. The third kappa shape index (κ3) is 3.94. The van der Waals surface area contributed by atoms with E-state index in [1.807, 2.05) is 6.92 Å². The molecule has 0 bridgehead atoms. The van der Waals surface area contributed by atoms with E-state index in [2.05, 4.69) is 0 Å². The fourth-order valence-electron chi connectivity index (χ4n) is 3.62. The first-order valence-corrected chi connectivity index (χ1v) is 9.98. The topological polar surface area (TPSA) is 68.5 Å². The summed E-state index contributed by atoms with van der Waals surface area (Å²) in [5, 5.41) is 9.46. The van der Waals surface area contributed by atoms with E-state index in [1.54, 1.807) is 0 Å². The van der Waals surface area contributed by atoms with Gasteiger partial charge in [0.15, 0.2) is 29.0 Å². The standard InChI is InChI=1S/C23H21F4NO4/c1-4-5-8-32-23(31)11(2)18-12(3)28(17-10-16(26)21(29)20(27)19(17)18)22(30)13-6-7-14(24)15(25)9-13/h6-7,9-11,29H,4-5,8H2,1-3H3. The molecule has 1 atom stereocenters. The minimum absolute atomic E-state index is 0.0187. The molecule has 0 amide bonds. The molecule has 0 radical (unpaired) electrons. The van der Waals surface area contributed by atoms with Crippen LogP contribution in [0, 0.1) is 30.2 Å². The van der Waals surface area contributed by atoms with E-state index in [0.29, 0.717) is 12.5 Å². The molecule has 1 unspecified atom stereocenters. The number of hydrogen-bond acceptors (Lipinski definition) is 4. The van der Waals surface area contributed by atoms with Crippen LogP contribution in [0.2, 0.25) is 0 Å². The van der Waals surface area contributed by atoms with Gasteiger partial charge in [0.2, 0.25) is 0 Å². The van der Waals surface area contributed by atoms with Crippen LogP contribution in [-0.2, 0) is 9.53 Å². The maximum atomic E-state index is 14.9. The van der Waals surface area contributed by atoms with Crippen molar-refractivity contribution in [3.8, 4) is 5.75 Å². The second kappa shape index (κ2) is 9.02. The van der Waals surface area contributed by atoms with E-state index < -0.39 is 46.8 Å². The average molecular weight is 451 g/mol. The first-order chi connectivity index (χ1) is 15.1. The number of ether oxygens (including phenoxy) is 1. The van der Waals surface area contributed by atoms with Gasteiger partial charge in [-0.15, -0.1) is 0 Å². The monoisotopic (exact) mass is 451 g/mol. The number of aromatic hydroxyl groups is 1. The summed E-state index contributed by atoms with van der Waals surface area (Å²) >= 11 is 0. The highest BCUT2D eigenvalue weighted by Crippen LogP contribution is 2.39. The highest BCUT2D eigenvalue weighted by Gasteiger charge is 2.31. The van der Waals surface area contributed by atoms with Crippen molar-refractivity contribution in [2.45, 2.75) is 39.5 Å². The van der Waals surface area contributed by atoms with E-state index in [4.69, 9.17) is 4.74 Å². The van der Waals surface area contributed by atoms with Crippen molar-refractivity contribution in [3.63, 3.8) is 0 Å². The lowest BCUT2D eigenvalue weighted by atomic mass is 9.97. The number of rotatable bonds is 6. The SMILES string of the molecule is CCCCOC(=O)C(C)c1c(C)n(C(=O)c2ccc(F)c(F)c2)c2cc(F)c(O)c(F)c12. The van der Waals surface area contributed by atoms with Crippen molar-refractivity contribution >= 4 is 22.8 Å². The quantitative estimate of drug-likeness (QED) is 0.312. The fourth-order valence-corrected chi connectivity index (χ4v) is 3.62. The summed E-state index contributed by atoms with van der Waals surface area (Å²) in [6, 6.07) is 3.20. The lowest BCUT2D eigenvalue weighted by Gasteiger charge is -2.13. The van der Waals surface area contributed by atoms with E-state index >= 15 is 0 Å². The number of hydrogen-bond donors (Lipinski definition) is 1. The van der Waals surface area contributed by atoms with Crippen LogP contribution in [0.25, 0.3) is 10.9 Å². The first kappa shape index (κ1) is 23.3. The zero-order chi connectivity index (χ0) is 23.7. The van der Waals surface area contributed by atoms with Crippen molar-refractivity contribution in [3.05, 3.63) is 64.4 Å². The third-order valence-electron chi connectivity index (χ3n) is 5.31. The highest BCUT2D eigenvalue weighted by molar-refractivity contribution is 6.05. The normalized spacial score (nSPS) is 12.2. The van der Waals surface area contributed by atoms with Gasteiger partial charge in [0.05, 0.1) is 18.0 Å². The van der Waals surface area contributed by atoms with Gasteiger partial charge in [-0.2, -0.15) is 0 Å². The maximum absolute atomic E-state index is 14.9. The van der Waals surface area contributed by atoms with Gasteiger partial charge in [-0.05, 0) is 44.0 Å². The Morgan fingerprint density at radius 2 is 1.78 bits per heavy atom. The smallest absolute Gasteiger partial charge is 0.313 e. The van der Waals surface area contributed by atoms with Gasteiger partial charge in [-0.3, -0.25) is 14.2 Å². The minimum atomic E-state index is -1.34. The van der Waals surface area contributed by atoms with Gasteiger partial charge in [0, 0.05) is 22.7 Å². The van der Waals surface area contributed by atoms with Gasteiger partial charge in [0.25, 0.3) is 5.91 Å². The van der Waals surface area contributed by atoms with Crippen molar-refractivity contribution in [1.82, 2.24) is 4.57 Å². The number of fused-ring (bicyclic) bond motifs is 1. The summed E-state index contributed by atoms with van der Waals surface area (Å²) in [5.41, 5.74) is -0.459. The fraction of sp³-hybridized carbons (Fsp3) is 0.304. The lowest BCUT2D eigenvalue weighted by molar-refractivity contribution is -0.145. The van der Waals surface area contributed by atoms with Gasteiger partial charge in [0.1, 0.15) is 0 Å². The Morgan fingerprint density at radius 3 is 2.41 bits per heavy atom. The van der Waals surface area contributed by atoms with Gasteiger partial charge in [-0.1, -0.05) is 13.3 Å². The second-order valence-corrected chi connectivity index (χ2v) is 7.43. The molecule has 1 N–H and O–H groups in total. The molecule has 170 valence electrons. The predicted molar refractivity (Wildman–Crippen MR) is 109 cm³/mol. The minimum Gasteiger partial charge on any atom is -0.503 e.